The first-order valence-electron chi connectivity index (χ1n) is 8.25. The van der Waals surface area contributed by atoms with Crippen LogP contribution in [-0.4, -0.2) is 28.4 Å². The number of ether oxygens (including phenoxy) is 1. The van der Waals surface area contributed by atoms with Crippen LogP contribution in [0.3, 0.4) is 0 Å². The fourth-order valence-electron chi connectivity index (χ4n) is 2.34. The average Bonchev–Trinajstić information content (AvgIpc) is 3.05. The highest BCUT2D eigenvalue weighted by Gasteiger charge is 2.18. The SMILES string of the molecule is Cc1nc(-c2ccccn2)sc1C(=O)Nc1ccccc1OCCC(N)=O. The van der Waals surface area contributed by atoms with Gasteiger partial charge in [0.05, 0.1) is 30.1 Å². The number of anilines is 1. The number of amides is 2. The van der Waals surface area contributed by atoms with Gasteiger partial charge in [-0.15, -0.1) is 11.3 Å². The molecule has 0 aliphatic carbocycles. The van der Waals surface area contributed by atoms with Crippen LogP contribution in [0.25, 0.3) is 10.7 Å². The molecular formula is C19H18N4O3S. The number of nitrogens with zero attached hydrogens (tertiary/aromatic N) is 2. The van der Waals surface area contributed by atoms with Crippen LogP contribution in [0, 0.1) is 6.92 Å². The van der Waals surface area contributed by atoms with Crippen molar-refractivity contribution in [2.45, 2.75) is 13.3 Å². The van der Waals surface area contributed by atoms with Crippen molar-refractivity contribution in [1.29, 1.82) is 0 Å². The zero-order valence-corrected chi connectivity index (χ0v) is 15.5. The van der Waals surface area contributed by atoms with Crippen LogP contribution in [0.2, 0.25) is 0 Å². The first-order valence-corrected chi connectivity index (χ1v) is 9.06. The van der Waals surface area contributed by atoms with Crippen LogP contribution < -0.4 is 15.8 Å². The van der Waals surface area contributed by atoms with E-state index in [4.69, 9.17) is 10.5 Å². The summed E-state index contributed by atoms with van der Waals surface area (Å²) in [6, 6.07) is 12.6. The Morgan fingerprint density at radius 3 is 2.70 bits per heavy atom. The molecule has 0 aliphatic heterocycles. The summed E-state index contributed by atoms with van der Waals surface area (Å²) in [5.74, 6) is -0.254. The molecule has 27 heavy (non-hydrogen) atoms. The highest BCUT2D eigenvalue weighted by Crippen LogP contribution is 2.29. The molecule has 138 valence electrons. The fourth-order valence-corrected chi connectivity index (χ4v) is 3.28. The number of nitrogens with one attached hydrogen (secondary N) is 1. The number of para-hydroxylation sites is 2. The first kappa shape index (κ1) is 18.5. The van der Waals surface area contributed by atoms with Gasteiger partial charge in [0.1, 0.15) is 15.6 Å². The van der Waals surface area contributed by atoms with Crippen molar-refractivity contribution >= 4 is 28.8 Å². The summed E-state index contributed by atoms with van der Waals surface area (Å²) >= 11 is 1.28. The number of pyridine rings is 1. The number of benzene rings is 1. The zero-order valence-electron chi connectivity index (χ0n) is 14.6. The Labute approximate surface area is 160 Å². The van der Waals surface area contributed by atoms with Gasteiger partial charge in [0, 0.05) is 6.20 Å². The zero-order chi connectivity index (χ0) is 19.2. The summed E-state index contributed by atoms with van der Waals surface area (Å²) < 4.78 is 5.55. The molecule has 0 bridgehead atoms. The quantitative estimate of drug-likeness (QED) is 0.653. The number of hydrogen-bond donors (Lipinski definition) is 2. The van der Waals surface area contributed by atoms with Gasteiger partial charge in [0.15, 0.2) is 0 Å². The van der Waals surface area contributed by atoms with E-state index in [0.717, 1.165) is 5.69 Å². The molecule has 2 aromatic heterocycles. The summed E-state index contributed by atoms with van der Waals surface area (Å²) in [4.78, 5) is 32.8. The maximum Gasteiger partial charge on any atom is 0.267 e. The molecular weight excluding hydrogens is 364 g/mol. The van der Waals surface area contributed by atoms with Crippen LogP contribution in [0.15, 0.2) is 48.7 Å². The van der Waals surface area contributed by atoms with Crippen molar-refractivity contribution in [3.63, 3.8) is 0 Å². The Morgan fingerprint density at radius 2 is 1.96 bits per heavy atom. The molecule has 7 nitrogen and oxygen atoms in total. The molecule has 0 fully saturated rings. The average molecular weight is 382 g/mol. The third-order valence-electron chi connectivity index (χ3n) is 3.63. The second-order valence-corrected chi connectivity index (χ2v) is 6.66. The molecule has 0 radical (unpaired) electrons. The van der Waals surface area contributed by atoms with Gasteiger partial charge >= 0.3 is 0 Å². The van der Waals surface area contributed by atoms with Crippen molar-refractivity contribution in [2.24, 2.45) is 5.73 Å². The van der Waals surface area contributed by atoms with Gasteiger partial charge in [-0.05, 0) is 31.2 Å². The van der Waals surface area contributed by atoms with Crippen LogP contribution >= 0.6 is 11.3 Å². The van der Waals surface area contributed by atoms with Gasteiger partial charge in [-0.25, -0.2) is 4.98 Å². The number of nitrogens with two attached hydrogens (primary N) is 1. The highest BCUT2D eigenvalue weighted by atomic mass is 32.1. The molecule has 0 atom stereocenters. The van der Waals surface area contributed by atoms with E-state index in [9.17, 15) is 9.59 Å². The Hall–Kier alpha value is -3.26. The molecule has 0 aliphatic rings. The van der Waals surface area contributed by atoms with Crippen LogP contribution in [0.4, 0.5) is 5.69 Å². The maximum absolute atomic E-state index is 12.7. The standard InChI is InChI=1S/C19H18N4O3S/c1-12-17(27-19(22-12)14-7-4-5-10-21-14)18(25)23-13-6-2-3-8-15(13)26-11-9-16(20)24/h2-8,10H,9,11H2,1H3,(H2,20,24)(H,23,25). The van der Waals surface area contributed by atoms with Gasteiger partial charge < -0.3 is 15.8 Å². The van der Waals surface area contributed by atoms with Gasteiger partial charge in [0.2, 0.25) is 5.91 Å². The van der Waals surface area contributed by atoms with E-state index in [1.54, 1.807) is 37.4 Å². The van der Waals surface area contributed by atoms with Gasteiger partial charge in [-0.1, -0.05) is 18.2 Å². The van der Waals surface area contributed by atoms with E-state index in [1.165, 1.54) is 11.3 Å². The number of rotatable bonds is 7. The molecule has 0 spiro atoms. The Kier molecular flexibility index (Phi) is 5.77. The lowest BCUT2D eigenvalue weighted by atomic mass is 10.2. The normalized spacial score (nSPS) is 10.4. The number of carbonyl (C=O) groups is 2. The monoisotopic (exact) mass is 382 g/mol. The lowest BCUT2D eigenvalue weighted by molar-refractivity contribution is -0.118. The molecule has 3 rings (SSSR count). The number of hydrogen-bond acceptors (Lipinski definition) is 6. The Bertz CT molecular complexity index is 957. The molecule has 2 heterocycles. The fraction of sp³-hybridized carbons (Fsp3) is 0.158. The number of aromatic nitrogens is 2. The summed E-state index contributed by atoms with van der Waals surface area (Å²) in [6.45, 7) is 1.93. The van der Waals surface area contributed by atoms with Crippen molar-refractivity contribution in [3.8, 4) is 16.5 Å². The third-order valence-corrected chi connectivity index (χ3v) is 4.81. The number of thiazole rings is 1. The largest absolute Gasteiger partial charge is 0.491 e. The van der Waals surface area contributed by atoms with Crippen LogP contribution in [0.1, 0.15) is 21.8 Å². The lowest BCUT2D eigenvalue weighted by Crippen LogP contribution is -2.16. The van der Waals surface area contributed by atoms with E-state index in [0.29, 0.717) is 27.0 Å². The molecule has 3 N–H and O–H groups in total. The van der Waals surface area contributed by atoms with Crippen molar-refractivity contribution in [1.82, 2.24) is 9.97 Å². The smallest absolute Gasteiger partial charge is 0.267 e. The maximum atomic E-state index is 12.7. The molecule has 0 saturated carbocycles. The minimum Gasteiger partial charge on any atom is -0.491 e. The van der Waals surface area contributed by atoms with E-state index >= 15 is 0 Å². The second kappa shape index (κ2) is 8.41. The lowest BCUT2D eigenvalue weighted by Gasteiger charge is -2.11. The molecule has 0 saturated heterocycles. The van der Waals surface area contributed by atoms with Crippen LogP contribution in [-0.2, 0) is 4.79 Å². The highest BCUT2D eigenvalue weighted by molar-refractivity contribution is 7.17. The number of carbonyl (C=O) groups excluding carboxylic acids is 2. The molecule has 3 aromatic rings. The number of aryl methyl sites for hydroxylation is 1. The molecule has 0 unspecified atom stereocenters. The predicted octanol–water partition coefficient (Wildman–Crippen LogP) is 3.02. The molecule has 8 heteroatoms. The van der Waals surface area contributed by atoms with Crippen molar-refractivity contribution in [3.05, 3.63) is 59.2 Å². The van der Waals surface area contributed by atoms with E-state index < -0.39 is 5.91 Å². The second-order valence-electron chi connectivity index (χ2n) is 5.66. The molecule has 2 amide bonds. The van der Waals surface area contributed by atoms with Gasteiger partial charge in [-0.2, -0.15) is 0 Å². The summed E-state index contributed by atoms with van der Waals surface area (Å²) in [5, 5.41) is 3.52. The van der Waals surface area contributed by atoms with Crippen LogP contribution in [0.5, 0.6) is 5.75 Å². The van der Waals surface area contributed by atoms with Gasteiger partial charge in [-0.3, -0.25) is 14.6 Å². The number of primary amides is 1. The minimum absolute atomic E-state index is 0.101. The van der Waals surface area contributed by atoms with E-state index in [1.807, 2.05) is 18.2 Å². The summed E-state index contributed by atoms with van der Waals surface area (Å²) in [6.07, 6.45) is 1.79. The minimum atomic E-state index is -0.446. The van der Waals surface area contributed by atoms with E-state index in [2.05, 4.69) is 15.3 Å². The third kappa shape index (κ3) is 4.68. The van der Waals surface area contributed by atoms with Crippen molar-refractivity contribution in [2.75, 3.05) is 11.9 Å². The first-order chi connectivity index (χ1) is 13.0. The molecule has 1 aromatic carbocycles. The predicted molar refractivity (Wildman–Crippen MR) is 104 cm³/mol. The van der Waals surface area contributed by atoms with Gasteiger partial charge in [0.25, 0.3) is 5.91 Å². The van der Waals surface area contributed by atoms with E-state index in [-0.39, 0.29) is 18.9 Å². The Morgan fingerprint density at radius 1 is 1.19 bits per heavy atom. The van der Waals surface area contributed by atoms with Crippen molar-refractivity contribution < 1.29 is 14.3 Å². The summed E-state index contributed by atoms with van der Waals surface area (Å²) in [5.41, 5.74) is 6.98. The Balaban J connectivity index is 1.76. The summed E-state index contributed by atoms with van der Waals surface area (Å²) in [7, 11) is 0. The topological polar surface area (TPSA) is 107 Å².